The number of morpholine rings is 1. The Kier molecular flexibility index (Phi) is 5.22. The van der Waals surface area contributed by atoms with E-state index in [1.807, 2.05) is 49.0 Å². The van der Waals surface area contributed by atoms with Crippen molar-refractivity contribution in [3.63, 3.8) is 0 Å². The molecule has 0 aliphatic carbocycles. The van der Waals surface area contributed by atoms with E-state index in [0.29, 0.717) is 37.3 Å². The van der Waals surface area contributed by atoms with Gasteiger partial charge in [-0.15, -0.1) is 10.2 Å². The van der Waals surface area contributed by atoms with Gasteiger partial charge in [0, 0.05) is 48.2 Å². The van der Waals surface area contributed by atoms with E-state index in [1.54, 1.807) is 9.91 Å². The highest BCUT2D eigenvalue weighted by Gasteiger charge is 2.31. The van der Waals surface area contributed by atoms with E-state index in [0.717, 1.165) is 34.0 Å². The number of hydrogen-bond acceptors (Lipinski definition) is 6. The predicted octanol–water partition coefficient (Wildman–Crippen LogP) is 2.31. The average molecular weight is 454 g/mol. The van der Waals surface area contributed by atoms with Crippen molar-refractivity contribution in [2.24, 2.45) is 12.1 Å². The fraction of sp³-hybridized carbons (Fsp3) is 0.364. The van der Waals surface area contributed by atoms with Crippen LogP contribution in [0.4, 0.5) is 5.95 Å². The van der Waals surface area contributed by atoms with Gasteiger partial charge in [-0.3, -0.25) is 9.36 Å². The molecule has 5 rings (SSSR count). The normalized spacial score (nSPS) is 15.8. The Bertz CT molecular complexity index is 1210. The van der Waals surface area contributed by atoms with Crippen LogP contribution in [-0.4, -0.2) is 68.7 Å². The standard InChI is InChI=1S/C22H24ClN7O2/c1-14-20-18(12-27(14)3)30-15(2)24-25-22(30)29(13-19(31)28-8-10-32-11-9-28)26-21(20)16-4-6-17(23)7-5-16/h4-7,12H,8-11,13H2,1-3H3. The van der Waals surface area contributed by atoms with E-state index >= 15 is 0 Å². The second-order valence-electron chi connectivity index (χ2n) is 7.97. The van der Waals surface area contributed by atoms with Crippen LogP contribution in [0.25, 0.3) is 5.69 Å². The molecule has 2 aliphatic rings. The summed E-state index contributed by atoms with van der Waals surface area (Å²) in [7, 11) is 2.00. The third kappa shape index (κ3) is 3.47. The first-order chi connectivity index (χ1) is 15.4. The molecule has 9 nitrogen and oxygen atoms in total. The Morgan fingerprint density at radius 2 is 1.84 bits per heavy atom. The van der Waals surface area contributed by atoms with Crippen molar-refractivity contribution in [3.05, 3.63) is 58.1 Å². The number of ether oxygens (including phenoxy) is 1. The zero-order chi connectivity index (χ0) is 22.4. The van der Waals surface area contributed by atoms with Crippen LogP contribution in [0, 0.1) is 13.8 Å². The summed E-state index contributed by atoms with van der Waals surface area (Å²) in [6.07, 6.45) is 2.04. The number of carbonyl (C=O) groups excluding carboxylic acids is 1. The minimum Gasteiger partial charge on any atom is -0.378 e. The van der Waals surface area contributed by atoms with E-state index in [9.17, 15) is 4.79 Å². The lowest BCUT2D eigenvalue weighted by Gasteiger charge is -2.28. The van der Waals surface area contributed by atoms with Crippen LogP contribution in [0.5, 0.6) is 0 Å². The number of aryl methyl sites for hydroxylation is 2. The van der Waals surface area contributed by atoms with Crippen molar-refractivity contribution in [1.82, 2.24) is 24.2 Å². The molecule has 10 heteroatoms. The van der Waals surface area contributed by atoms with Gasteiger partial charge in [0.2, 0.25) is 5.91 Å². The molecular weight excluding hydrogens is 430 g/mol. The lowest BCUT2D eigenvalue weighted by Crippen LogP contribution is -2.45. The van der Waals surface area contributed by atoms with E-state index in [-0.39, 0.29) is 12.5 Å². The first-order valence-corrected chi connectivity index (χ1v) is 10.9. The highest BCUT2D eigenvalue weighted by molar-refractivity contribution is 6.30. The van der Waals surface area contributed by atoms with Crippen LogP contribution < -0.4 is 5.01 Å². The first kappa shape index (κ1) is 20.7. The van der Waals surface area contributed by atoms with Crippen LogP contribution in [-0.2, 0) is 16.6 Å². The summed E-state index contributed by atoms with van der Waals surface area (Å²) in [6, 6.07) is 7.57. The number of rotatable bonds is 3. The molecule has 0 N–H and O–H groups in total. The van der Waals surface area contributed by atoms with Gasteiger partial charge < -0.3 is 14.2 Å². The Morgan fingerprint density at radius 1 is 1.12 bits per heavy atom. The van der Waals surface area contributed by atoms with Gasteiger partial charge in [-0.2, -0.15) is 5.10 Å². The molecule has 0 bridgehead atoms. The largest absolute Gasteiger partial charge is 0.378 e. The third-order valence-electron chi connectivity index (χ3n) is 5.97. The van der Waals surface area contributed by atoms with Crippen LogP contribution in [0.3, 0.4) is 0 Å². The number of benzene rings is 1. The molecule has 4 heterocycles. The Labute approximate surface area is 190 Å². The van der Waals surface area contributed by atoms with Gasteiger partial charge in [-0.1, -0.05) is 23.7 Å². The molecule has 1 amide bonds. The van der Waals surface area contributed by atoms with E-state index in [1.165, 1.54) is 0 Å². The third-order valence-corrected chi connectivity index (χ3v) is 6.22. The van der Waals surface area contributed by atoms with E-state index < -0.39 is 0 Å². The first-order valence-electron chi connectivity index (χ1n) is 10.5. The number of hydrazone groups is 1. The number of anilines is 1. The number of hydrogen-bond donors (Lipinski definition) is 0. The Balaban J connectivity index is 1.66. The number of halogens is 1. The number of fused-ring (bicyclic) bond motifs is 3. The molecule has 0 spiro atoms. The number of nitrogens with zero attached hydrogens (tertiary/aromatic N) is 7. The molecular formula is C22H24ClN7O2. The van der Waals surface area contributed by atoms with Gasteiger partial charge in [-0.25, -0.2) is 5.01 Å². The maximum absolute atomic E-state index is 13.1. The Hall–Kier alpha value is -3.17. The minimum absolute atomic E-state index is 0.0245. The molecule has 2 aliphatic heterocycles. The average Bonchev–Trinajstić information content (AvgIpc) is 3.27. The highest BCUT2D eigenvalue weighted by atomic mass is 35.5. The fourth-order valence-corrected chi connectivity index (χ4v) is 4.27. The Morgan fingerprint density at radius 3 is 2.56 bits per heavy atom. The summed E-state index contributed by atoms with van der Waals surface area (Å²) < 4.78 is 9.41. The predicted molar refractivity (Wildman–Crippen MR) is 122 cm³/mol. The van der Waals surface area contributed by atoms with Crippen molar-refractivity contribution in [1.29, 1.82) is 0 Å². The zero-order valence-corrected chi connectivity index (χ0v) is 19.0. The number of amides is 1. The molecule has 1 saturated heterocycles. The zero-order valence-electron chi connectivity index (χ0n) is 18.2. The molecule has 32 heavy (non-hydrogen) atoms. The summed E-state index contributed by atoms with van der Waals surface area (Å²) >= 11 is 6.14. The quantitative estimate of drug-likeness (QED) is 0.608. The summed E-state index contributed by atoms with van der Waals surface area (Å²) in [5, 5.41) is 15.9. The lowest BCUT2D eigenvalue weighted by atomic mass is 10.0. The van der Waals surface area contributed by atoms with Crippen LogP contribution >= 0.6 is 11.6 Å². The smallest absolute Gasteiger partial charge is 0.252 e. The molecule has 0 unspecified atom stereocenters. The van der Waals surface area contributed by atoms with Crippen molar-refractivity contribution in [2.45, 2.75) is 13.8 Å². The van der Waals surface area contributed by atoms with Crippen molar-refractivity contribution < 1.29 is 9.53 Å². The molecule has 166 valence electrons. The SMILES string of the molecule is Cc1c2c(cn1C)-n1c(C)nnc1N(CC(=O)N1CCOCC1)N=C2c1ccc(Cl)cc1. The highest BCUT2D eigenvalue weighted by Crippen LogP contribution is 2.32. The molecule has 0 radical (unpaired) electrons. The van der Waals surface area contributed by atoms with Gasteiger partial charge in [0.25, 0.3) is 5.95 Å². The van der Waals surface area contributed by atoms with Crippen LogP contribution in [0.2, 0.25) is 5.02 Å². The van der Waals surface area contributed by atoms with Gasteiger partial charge in [-0.05, 0) is 26.0 Å². The summed E-state index contributed by atoms with van der Waals surface area (Å²) in [5.41, 5.74) is 4.62. The monoisotopic (exact) mass is 453 g/mol. The van der Waals surface area contributed by atoms with E-state index in [4.69, 9.17) is 21.4 Å². The maximum atomic E-state index is 13.1. The van der Waals surface area contributed by atoms with Gasteiger partial charge in [0.1, 0.15) is 18.1 Å². The lowest BCUT2D eigenvalue weighted by molar-refractivity contribution is -0.133. The van der Waals surface area contributed by atoms with E-state index in [2.05, 4.69) is 21.7 Å². The van der Waals surface area contributed by atoms with Gasteiger partial charge in [0.05, 0.1) is 18.9 Å². The minimum atomic E-state index is -0.0245. The maximum Gasteiger partial charge on any atom is 0.252 e. The summed E-state index contributed by atoms with van der Waals surface area (Å²) in [5.74, 6) is 1.21. The second-order valence-corrected chi connectivity index (χ2v) is 8.41. The van der Waals surface area contributed by atoms with Crippen LogP contribution in [0.1, 0.15) is 22.6 Å². The molecule has 2 aromatic heterocycles. The summed E-state index contributed by atoms with van der Waals surface area (Å²) in [4.78, 5) is 14.9. The second kappa shape index (κ2) is 8.07. The molecule has 0 saturated carbocycles. The summed E-state index contributed by atoms with van der Waals surface area (Å²) in [6.45, 7) is 6.26. The molecule has 3 aromatic rings. The number of carbonyl (C=O) groups is 1. The van der Waals surface area contributed by atoms with Crippen LogP contribution in [0.15, 0.2) is 35.6 Å². The van der Waals surface area contributed by atoms with Gasteiger partial charge >= 0.3 is 0 Å². The van der Waals surface area contributed by atoms with Crippen molar-refractivity contribution in [2.75, 3.05) is 37.9 Å². The number of aromatic nitrogens is 4. The van der Waals surface area contributed by atoms with Crippen molar-refractivity contribution in [3.8, 4) is 5.69 Å². The molecule has 0 atom stereocenters. The fourth-order valence-electron chi connectivity index (χ4n) is 4.14. The van der Waals surface area contributed by atoms with Gasteiger partial charge in [0.15, 0.2) is 0 Å². The topological polar surface area (TPSA) is 80.8 Å². The molecule has 1 fully saturated rings. The van der Waals surface area contributed by atoms with Crippen molar-refractivity contribution >= 4 is 29.2 Å². The molecule has 1 aromatic carbocycles.